The molecule has 0 unspecified atom stereocenters. The summed E-state index contributed by atoms with van der Waals surface area (Å²) in [5.41, 5.74) is 0.00213. The van der Waals surface area contributed by atoms with Crippen LogP contribution in [0.4, 0.5) is 13.2 Å². The van der Waals surface area contributed by atoms with Gasteiger partial charge in [0.1, 0.15) is 5.75 Å². The molecule has 0 heterocycles. The molecule has 3 nitrogen and oxygen atoms in total. The lowest BCUT2D eigenvalue weighted by molar-refractivity contribution is -0.163. The molecule has 0 bridgehead atoms. The molecule has 0 radical (unpaired) electrons. The minimum atomic E-state index is -4.51. The summed E-state index contributed by atoms with van der Waals surface area (Å²) in [6.07, 6.45) is -3.18. The second-order valence-corrected chi connectivity index (χ2v) is 4.53. The van der Waals surface area contributed by atoms with E-state index in [2.05, 4.69) is 5.32 Å². The van der Waals surface area contributed by atoms with E-state index in [1.807, 2.05) is 0 Å². The first-order valence-corrected chi connectivity index (χ1v) is 5.93. The first-order chi connectivity index (χ1) is 8.91. The maximum atomic E-state index is 13.0. The van der Waals surface area contributed by atoms with Crippen LogP contribution in [0.5, 0.6) is 5.75 Å². The third-order valence-corrected chi connectivity index (χ3v) is 3.01. The Morgan fingerprint density at radius 3 is 2.32 bits per heavy atom. The fourth-order valence-corrected chi connectivity index (χ4v) is 1.76. The van der Waals surface area contributed by atoms with Crippen molar-refractivity contribution in [2.45, 2.75) is 25.1 Å². The molecule has 1 amide bonds. The average Bonchev–Trinajstić information content (AvgIpc) is 3.18. The van der Waals surface area contributed by atoms with E-state index >= 15 is 0 Å². The van der Waals surface area contributed by atoms with Crippen molar-refractivity contribution in [3.8, 4) is 5.75 Å². The molecule has 1 N–H and O–H groups in total. The van der Waals surface area contributed by atoms with Crippen molar-refractivity contribution in [1.82, 2.24) is 5.32 Å². The van der Waals surface area contributed by atoms with Gasteiger partial charge in [0, 0.05) is 5.92 Å². The predicted molar refractivity (Wildman–Crippen MR) is 62.7 cm³/mol. The standard InChI is InChI=1S/C13H14F3NO2/c1-19-10-6-4-8(5-7-10)11(13(14,15)16)17-12(18)9-2-3-9/h4-7,9,11H,2-3H2,1H3,(H,17,18)/t11-/m0/s1. The predicted octanol–water partition coefficient (Wildman–Crippen LogP) is 2.82. The summed E-state index contributed by atoms with van der Waals surface area (Å²) in [5.74, 6) is -0.320. The van der Waals surface area contributed by atoms with Gasteiger partial charge in [0.15, 0.2) is 6.04 Å². The Labute approximate surface area is 108 Å². The first kappa shape index (κ1) is 13.7. The number of hydrogen-bond donors (Lipinski definition) is 1. The van der Waals surface area contributed by atoms with Crippen LogP contribution in [0, 0.1) is 5.92 Å². The van der Waals surface area contributed by atoms with Gasteiger partial charge in [-0.15, -0.1) is 0 Å². The molecule has 0 spiro atoms. The Balaban J connectivity index is 2.18. The lowest BCUT2D eigenvalue weighted by Gasteiger charge is -2.22. The topological polar surface area (TPSA) is 38.3 Å². The van der Waals surface area contributed by atoms with Crippen LogP contribution in [-0.2, 0) is 4.79 Å². The van der Waals surface area contributed by atoms with Gasteiger partial charge in [-0.25, -0.2) is 0 Å². The SMILES string of the molecule is COc1ccc([C@H](NC(=O)C2CC2)C(F)(F)F)cc1. The zero-order valence-electron chi connectivity index (χ0n) is 10.3. The summed E-state index contributed by atoms with van der Waals surface area (Å²) < 4.78 is 43.9. The fourth-order valence-electron chi connectivity index (χ4n) is 1.76. The van der Waals surface area contributed by atoms with Crippen LogP contribution in [0.25, 0.3) is 0 Å². The molecule has 0 aliphatic heterocycles. The zero-order valence-corrected chi connectivity index (χ0v) is 10.3. The quantitative estimate of drug-likeness (QED) is 0.916. The second kappa shape index (κ2) is 5.11. The van der Waals surface area contributed by atoms with E-state index in [1.165, 1.54) is 31.4 Å². The molecule has 2 rings (SSSR count). The van der Waals surface area contributed by atoms with Crippen molar-refractivity contribution >= 4 is 5.91 Å². The summed E-state index contributed by atoms with van der Waals surface area (Å²) in [6, 6.07) is 3.54. The normalized spacial score (nSPS) is 16.8. The molecule has 104 valence electrons. The van der Waals surface area contributed by atoms with Gasteiger partial charge in [0.25, 0.3) is 0 Å². The number of carbonyl (C=O) groups is 1. The minimum absolute atomic E-state index is 0.00213. The number of benzene rings is 1. The molecule has 1 saturated carbocycles. The summed E-state index contributed by atoms with van der Waals surface area (Å²) in [6.45, 7) is 0. The van der Waals surface area contributed by atoms with Gasteiger partial charge in [-0.05, 0) is 30.5 Å². The van der Waals surface area contributed by atoms with E-state index in [4.69, 9.17) is 4.74 Å². The number of methoxy groups -OCH3 is 1. The highest BCUT2D eigenvalue weighted by Crippen LogP contribution is 2.36. The summed E-state index contributed by atoms with van der Waals surface area (Å²) in [7, 11) is 1.44. The van der Waals surface area contributed by atoms with Crippen LogP contribution >= 0.6 is 0 Å². The van der Waals surface area contributed by atoms with E-state index < -0.39 is 18.1 Å². The van der Waals surface area contributed by atoms with Crippen LogP contribution in [0.2, 0.25) is 0 Å². The maximum Gasteiger partial charge on any atom is 0.412 e. The van der Waals surface area contributed by atoms with Crippen LogP contribution < -0.4 is 10.1 Å². The van der Waals surface area contributed by atoms with Crippen molar-refractivity contribution < 1.29 is 22.7 Å². The van der Waals surface area contributed by atoms with Gasteiger partial charge in [-0.3, -0.25) is 4.79 Å². The number of nitrogens with one attached hydrogen (secondary N) is 1. The van der Waals surface area contributed by atoms with Crippen LogP contribution in [0.3, 0.4) is 0 Å². The van der Waals surface area contributed by atoms with Gasteiger partial charge in [0.05, 0.1) is 7.11 Å². The Morgan fingerprint density at radius 1 is 1.32 bits per heavy atom. The van der Waals surface area contributed by atoms with E-state index in [9.17, 15) is 18.0 Å². The van der Waals surface area contributed by atoms with Gasteiger partial charge in [-0.1, -0.05) is 12.1 Å². The number of alkyl halides is 3. The summed E-state index contributed by atoms with van der Waals surface area (Å²) in [4.78, 5) is 11.5. The molecule has 1 aromatic carbocycles. The molecule has 1 aliphatic carbocycles. The number of hydrogen-bond acceptors (Lipinski definition) is 2. The molecule has 0 aromatic heterocycles. The van der Waals surface area contributed by atoms with Crippen molar-refractivity contribution in [3.05, 3.63) is 29.8 Å². The van der Waals surface area contributed by atoms with Gasteiger partial charge < -0.3 is 10.1 Å². The smallest absolute Gasteiger partial charge is 0.412 e. The van der Waals surface area contributed by atoms with Crippen LogP contribution in [0.15, 0.2) is 24.3 Å². The van der Waals surface area contributed by atoms with Crippen molar-refractivity contribution in [2.75, 3.05) is 7.11 Å². The molecule has 6 heteroatoms. The van der Waals surface area contributed by atoms with E-state index in [0.717, 1.165) is 0 Å². The third-order valence-electron chi connectivity index (χ3n) is 3.01. The maximum absolute atomic E-state index is 13.0. The van der Waals surface area contributed by atoms with E-state index in [-0.39, 0.29) is 11.5 Å². The summed E-state index contributed by atoms with van der Waals surface area (Å²) >= 11 is 0. The Hall–Kier alpha value is -1.72. The summed E-state index contributed by atoms with van der Waals surface area (Å²) in [5, 5.41) is 2.07. The Morgan fingerprint density at radius 2 is 1.89 bits per heavy atom. The zero-order chi connectivity index (χ0) is 14.0. The number of halogens is 3. The Bertz CT molecular complexity index is 452. The van der Waals surface area contributed by atoms with Gasteiger partial charge >= 0.3 is 6.18 Å². The fraction of sp³-hybridized carbons (Fsp3) is 0.462. The average molecular weight is 273 g/mol. The largest absolute Gasteiger partial charge is 0.497 e. The molecule has 1 aromatic rings. The number of rotatable bonds is 4. The van der Waals surface area contributed by atoms with Crippen molar-refractivity contribution in [2.24, 2.45) is 5.92 Å². The monoisotopic (exact) mass is 273 g/mol. The number of carbonyl (C=O) groups excluding carboxylic acids is 1. The van der Waals surface area contributed by atoms with E-state index in [1.54, 1.807) is 0 Å². The van der Waals surface area contributed by atoms with Crippen LogP contribution in [-0.4, -0.2) is 19.2 Å². The number of ether oxygens (including phenoxy) is 1. The van der Waals surface area contributed by atoms with E-state index in [0.29, 0.717) is 18.6 Å². The second-order valence-electron chi connectivity index (χ2n) is 4.53. The van der Waals surface area contributed by atoms with Crippen molar-refractivity contribution in [1.29, 1.82) is 0 Å². The van der Waals surface area contributed by atoms with Crippen molar-refractivity contribution in [3.63, 3.8) is 0 Å². The van der Waals surface area contributed by atoms with Gasteiger partial charge in [-0.2, -0.15) is 13.2 Å². The molecule has 0 saturated heterocycles. The lowest BCUT2D eigenvalue weighted by atomic mass is 10.1. The third kappa shape index (κ3) is 3.39. The molecular weight excluding hydrogens is 259 g/mol. The minimum Gasteiger partial charge on any atom is -0.497 e. The van der Waals surface area contributed by atoms with Crippen LogP contribution in [0.1, 0.15) is 24.4 Å². The number of amides is 1. The highest BCUT2D eigenvalue weighted by molar-refractivity contribution is 5.81. The highest BCUT2D eigenvalue weighted by Gasteiger charge is 2.43. The molecule has 1 aliphatic rings. The molecule has 1 atom stereocenters. The molecular formula is C13H14F3NO2. The van der Waals surface area contributed by atoms with Gasteiger partial charge in [0.2, 0.25) is 5.91 Å². The highest BCUT2D eigenvalue weighted by atomic mass is 19.4. The molecule has 19 heavy (non-hydrogen) atoms. The first-order valence-electron chi connectivity index (χ1n) is 5.93. The Kier molecular flexibility index (Phi) is 3.68. The lowest BCUT2D eigenvalue weighted by Crippen LogP contribution is -2.38. The molecule has 1 fully saturated rings.